The zero-order chi connectivity index (χ0) is 18.7. The number of thiazole rings is 1. The fourth-order valence-electron chi connectivity index (χ4n) is 2.13. The summed E-state index contributed by atoms with van der Waals surface area (Å²) in [5.41, 5.74) is -0.145. The predicted molar refractivity (Wildman–Crippen MR) is 92.5 cm³/mol. The molecule has 26 heavy (non-hydrogen) atoms. The van der Waals surface area contributed by atoms with Gasteiger partial charge in [0.15, 0.2) is 5.13 Å². The molecule has 2 aromatic heterocycles. The van der Waals surface area contributed by atoms with E-state index in [9.17, 15) is 23.3 Å². The standard InChI is InChI=1S/C15H12F3N5O2S/c16-15(17,18)9-1-4-13(21-8-9)19-5-6-20-14-22-11-3-2-10(23(24)25)7-12(11)26-14/h1-4,7-8H,5-6H2,(H,19,21)(H,20,22). The molecule has 0 saturated heterocycles. The molecule has 3 aromatic rings. The molecule has 0 radical (unpaired) electrons. The average Bonchev–Trinajstić information content (AvgIpc) is 3.00. The molecule has 2 N–H and O–H groups in total. The van der Waals surface area contributed by atoms with Crippen LogP contribution in [0.1, 0.15) is 5.56 Å². The van der Waals surface area contributed by atoms with Crippen LogP contribution in [-0.4, -0.2) is 28.0 Å². The summed E-state index contributed by atoms with van der Waals surface area (Å²) in [6.07, 6.45) is -3.63. The zero-order valence-corrected chi connectivity index (χ0v) is 13.9. The first-order chi connectivity index (χ1) is 12.3. The summed E-state index contributed by atoms with van der Waals surface area (Å²) in [5, 5.41) is 17.3. The van der Waals surface area contributed by atoms with E-state index in [1.165, 1.54) is 29.5 Å². The van der Waals surface area contributed by atoms with Gasteiger partial charge in [0.25, 0.3) is 5.69 Å². The Labute approximate surface area is 149 Å². The molecular weight excluding hydrogens is 371 g/mol. The summed E-state index contributed by atoms with van der Waals surface area (Å²) >= 11 is 1.28. The molecule has 0 aliphatic carbocycles. The summed E-state index contributed by atoms with van der Waals surface area (Å²) in [7, 11) is 0. The smallest absolute Gasteiger partial charge is 0.368 e. The summed E-state index contributed by atoms with van der Waals surface area (Å²) in [5.74, 6) is 0.333. The number of rotatable bonds is 6. The molecule has 0 atom stereocenters. The normalized spacial score (nSPS) is 11.5. The monoisotopic (exact) mass is 383 g/mol. The van der Waals surface area contributed by atoms with Crippen molar-refractivity contribution in [3.8, 4) is 0 Å². The third-order valence-corrected chi connectivity index (χ3v) is 4.36. The molecule has 0 saturated carbocycles. The summed E-state index contributed by atoms with van der Waals surface area (Å²) in [4.78, 5) is 18.3. The highest BCUT2D eigenvalue weighted by Gasteiger charge is 2.30. The number of hydrogen-bond acceptors (Lipinski definition) is 7. The van der Waals surface area contributed by atoms with Gasteiger partial charge < -0.3 is 10.6 Å². The fraction of sp³-hybridized carbons (Fsp3) is 0.200. The maximum atomic E-state index is 12.5. The SMILES string of the molecule is O=[N+]([O-])c1ccc2nc(NCCNc3ccc(C(F)(F)F)cn3)sc2c1. The number of halogens is 3. The Morgan fingerprint density at radius 3 is 2.58 bits per heavy atom. The van der Waals surface area contributed by atoms with Gasteiger partial charge in [0, 0.05) is 31.4 Å². The summed E-state index contributed by atoms with van der Waals surface area (Å²) in [6.45, 7) is 0.860. The van der Waals surface area contributed by atoms with Crippen molar-refractivity contribution in [2.75, 3.05) is 23.7 Å². The lowest BCUT2D eigenvalue weighted by Gasteiger charge is -2.08. The second kappa shape index (κ2) is 7.12. The van der Waals surface area contributed by atoms with Crippen LogP contribution < -0.4 is 10.6 Å². The number of nitrogens with one attached hydrogen (secondary N) is 2. The minimum Gasteiger partial charge on any atom is -0.368 e. The van der Waals surface area contributed by atoms with E-state index in [0.29, 0.717) is 34.3 Å². The molecule has 2 heterocycles. The number of pyridine rings is 1. The van der Waals surface area contributed by atoms with E-state index in [0.717, 1.165) is 12.3 Å². The van der Waals surface area contributed by atoms with E-state index >= 15 is 0 Å². The molecule has 1 aromatic carbocycles. The van der Waals surface area contributed by atoms with Gasteiger partial charge >= 0.3 is 6.18 Å². The van der Waals surface area contributed by atoms with Crippen molar-refractivity contribution >= 4 is 38.2 Å². The number of anilines is 2. The second-order valence-electron chi connectivity index (χ2n) is 5.21. The van der Waals surface area contributed by atoms with Gasteiger partial charge in [-0.2, -0.15) is 13.2 Å². The van der Waals surface area contributed by atoms with Gasteiger partial charge in [-0.15, -0.1) is 0 Å². The van der Waals surface area contributed by atoms with Gasteiger partial charge in [0.1, 0.15) is 5.82 Å². The Kier molecular flexibility index (Phi) is 4.89. The Hall–Kier alpha value is -2.95. The molecule has 136 valence electrons. The zero-order valence-electron chi connectivity index (χ0n) is 13.1. The minimum absolute atomic E-state index is 0.00254. The fourth-order valence-corrected chi connectivity index (χ4v) is 3.05. The maximum absolute atomic E-state index is 12.5. The number of nitro benzene ring substituents is 1. The van der Waals surface area contributed by atoms with E-state index in [-0.39, 0.29) is 5.69 Å². The first kappa shape index (κ1) is 17.9. The van der Waals surface area contributed by atoms with Crippen LogP contribution in [0, 0.1) is 10.1 Å². The number of hydrogen-bond donors (Lipinski definition) is 2. The average molecular weight is 383 g/mol. The number of alkyl halides is 3. The topological polar surface area (TPSA) is 93.0 Å². The van der Waals surface area contributed by atoms with Gasteiger partial charge in [-0.05, 0) is 18.2 Å². The lowest BCUT2D eigenvalue weighted by atomic mass is 10.3. The van der Waals surface area contributed by atoms with Crippen LogP contribution in [-0.2, 0) is 6.18 Å². The molecule has 7 nitrogen and oxygen atoms in total. The second-order valence-corrected chi connectivity index (χ2v) is 6.24. The van der Waals surface area contributed by atoms with Crippen LogP contribution in [0.2, 0.25) is 0 Å². The van der Waals surface area contributed by atoms with E-state index in [4.69, 9.17) is 0 Å². The predicted octanol–water partition coefficient (Wildman–Crippen LogP) is 4.14. The third kappa shape index (κ3) is 4.17. The van der Waals surface area contributed by atoms with E-state index < -0.39 is 16.7 Å². The van der Waals surface area contributed by atoms with Crippen LogP contribution in [0.5, 0.6) is 0 Å². The molecule has 0 fully saturated rings. The molecular formula is C15H12F3N5O2S. The van der Waals surface area contributed by atoms with Crippen molar-refractivity contribution in [3.05, 3.63) is 52.2 Å². The van der Waals surface area contributed by atoms with E-state index in [2.05, 4.69) is 20.6 Å². The molecule has 0 aliphatic rings. The van der Waals surface area contributed by atoms with Crippen molar-refractivity contribution in [3.63, 3.8) is 0 Å². The van der Waals surface area contributed by atoms with Crippen molar-refractivity contribution in [1.82, 2.24) is 9.97 Å². The van der Waals surface area contributed by atoms with Gasteiger partial charge in [0.05, 0.1) is 20.7 Å². The minimum atomic E-state index is -4.41. The molecule has 11 heteroatoms. The molecule has 0 bridgehead atoms. The Bertz CT molecular complexity index is 927. The quantitative estimate of drug-likeness (QED) is 0.377. The first-order valence-corrected chi connectivity index (χ1v) is 8.20. The number of fused-ring (bicyclic) bond motifs is 1. The first-order valence-electron chi connectivity index (χ1n) is 7.39. The number of aromatic nitrogens is 2. The molecule has 0 unspecified atom stereocenters. The van der Waals surface area contributed by atoms with Gasteiger partial charge in [0.2, 0.25) is 0 Å². The largest absolute Gasteiger partial charge is 0.417 e. The molecule has 3 rings (SSSR count). The van der Waals surface area contributed by atoms with Crippen LogP contribution in [0.15, 0.2) is 36.5 Å². The van der Waals surface area contributed by atoms with Crippen LogP contribution in [0.3, 0.4) is 0 Å². The summed E-state index contributed by atoms with van der Waals surface area (Å²) in [6, 6.07) is 6.66. The highest BCUT2D eigenvalue weighted by molar-refractivity contribution is 7.22. The number of nitro groups is 1. The highest BCUT2D eigenvalue weighted by atomic mass is 32.1. The van der Waals surface area contributed by atoms with Crippen molar-refractivity contribution in [2.24, 2.45) is 0 Å². The lowest BCUT2D eigenvalue weighted by Crippen LogP contribution is -2.14. The van der Waals surface area contributed by atoms with Crippen molar-refractivity contribution in [2.45, 2.75) is 6.18 Å². The molecule has 0 aliphatic heterocycles. The number of non-ortho nitro benzene ring substituents is 1. The van der Waals surface area contributed by atoms with E-state index in [1.54, 1.807) is 6.07 Å². The molecule has 0 amide bonds. The van der Waals surface area contributed by atoms with Gasteiger partial charge in [-0.1, -0.05) is 11.3 Å². The van der Waals surface area contributed by atoms with Crippen LogP contribution >= 0.6 is 11.3 Å². The highest BCUT2D eigenvalue weighted by Crippen LogP contribution is 2.29. The Morgan fingerprint density at radius 1 is 1.15 bits per heavy atom. The lowest BCUT2D eigenvalue weighted by molar-refractivity contribution is -0.384. The van der Waals surface area contributed by atoms with Crippen LogP contribution in [0.4, 0.5) is 29.8 Å². The van der Waals surface area contributed by atoms with Gasteiger partial charge in [-0.25, -0.2) is 9.97 Å². The number of benzene rings is 1. The maximum Gasteiger partial charge on any atom is 0.417 e. The van der Waals surface area contributed by atoms with Crippen LogP contribution in [0.25, 0.3) is 10.2 Å². The number of nitrogens with zero attached hydrogens (tertiary/aromatic N) is 3. The van der Waals surface area contributed by atoms with Crippen molar-refractivity contribution in [1.29, 1.82) is 0 Å². The van der Waals surface area contributed by atoms with Crippen molar-refractivity contribution < 1.29 is 18.1 Å². The Morgan fingerprint density at radius 2 is 1.92 bits per heavy atom. The summed E-state index contributed by atoms with van der Waals surface area (Å²) < 4.78 is 38.1. The third-order valence-electron chi connectivity index (χ3n) is 3.38. The van der Waals surface area contributed by atoms with Gasteiger partial charge in [-0.3, -0.25) is 10.1 Å². The Balaban J connectivity index is 1.53. The molecule has 0 spiro atoms. The van der Waals surface area contributed by atoms with E-state index in [1.807, 2.05) is 0 Å².